The lowest BCUT2D eigenvalue weighted by Crippen LogP contribution is -2.48. The summed E-state index contributed by atoms with van der Waals surface area (Å²) in [5, 5.41) is 6.80. The van der Waals surface area contributed by atoms with Gasteiger partial charge in [0.15, 0.2) is 0 Å². The molecule has 0 unspecified atom stereocenters. The molecule has 7 heteroatoms. The first-order chi connectivity index (χ1) is 13.7. The largest absolute Gasteiger partial charge is 0.381 e. The number of carbonyl (C=O) groups excluding carboxylic acids is 1. The molecule has 3 aliphatic rings. The predicted octanol–water partition coefficient (Wildman–Crippen LogP) is 2.13. The number of nitrogens with zero attached hydrogens (tertiary/aromatic N) is 3. The minimum atomic E-state index is 0.0636. The van der Waals surface area contributed by atoms with E-state index in [4.69, 9.17) is 4.74 Å². The number of rotatable bonds is 5. The van der Waals surface area contributed by atoms with E-state index in [0.717, 1.165) is 70.5 Å². The molecular formula is C21H33N5O2. The number of amides is 1. The molecule has 1 saturated carbocycles. The van der Waals surface area contributed by atoms with E-state index in [1.807, 2.05) is 13.0 Å². The second kappa shape index (κ2) is 9.18. The van der Waals surface area contributed by atoms with Crippen molar-refractivity contribution in [3.63, 3.8) is 0 Å². The van der Waals surface area contributed by atoms with Crippen LogP contribution in [0.4, 0.5) is 5.95 Å². The van der Waals surface area contributed by atoms with Crippen molar-refractivity contribution in [2.75, 3.05) is 31.6 Å². The number of nitrogens with one attached hydrogen (secondary N) is 2. The molecule has 2 saturated heterocycles. The van der Waals surface area contributed by atoms with Crippen molar-refractivity contribution < 1.29 is 9.53 Å². The summed E-state index contributed by atoms with van der Waals surface area (Å²) < 4.78 is 5.56. The van der Waals surface area contributed by atoms with E-state index < -0.39 is 0 Å². The Balaban J connectivity index is 1.44. The van der Waals surface area contributed by atoms with Crippen LogP contribution in [0.1, 0.15) is 50.6 Å². The van der Waals surface area contributed by atoms with Crippen molar-refractivity contribution in [1.29, 1.82) is 0 Å². The number of aryl methyl sites for hydroxylation is 1. The number of anilines is 1. The molecule has 1 aromatic rings. The van der Waals surface area contributed by atoms with E-state index in [1.165, 1.54) is 6.42 Å². The van der Waals surface area contributed by atoms with Crippen molar-refractivity contribution in [2.45, 2.75) is 70.0 Å². The fraction of sp³-hybridized carbons (Fsp3) is 0.762. The number of likely N-dealkylation sites (tertiary alicyclic amines) is 1. The molecule has 2 atom stereocenters. The van der Waals surface area contributed by atoms with Crippen molar-refractivity contribution in [3.05, 3.63) is 18.0 Å². The molecule has 2 aliphatic heterocycles. The van der Waals surface area contributed by atoms with Gasteiger partial charge in [0.05, 0.1) is 5.92 Å². The van der Waals surface area contributed by atoms with Crippen LogP contribution in [0.3, 0.4) is 0 Å². The van der Waals surface area contributed by atoms with E-state index in [1.54, 1.807) is 6.20 Å². The molecule has 28 heavy (non-hydrogen) atoms. The quantitative estimate of drug-likeness (QED) is 0.806. The highest BCUT2D eigenvalue weighted by molar-refractivity contribution is 5.79. The average Bonchev–Trinajstić information content (AvgIpc) is 2.88. The molecular weight excluding hydrogens is 354 g/mol. The third-order valence-corrected chi connectivity index (χ3v) is 6.43. The van der Waals surface area contributed by atoms with Crippen LogP contribution in [0.15, 0.2) is 12.3 Å². The minimum Gasteiger partial charge on any atom is -0.381 e. The number of ether oxygens (including phenoxy) is 1. The highest BCUT2D eigenvalue weighted by Crippen LogP contribution is 2.26. The molecule has 0 spiro atoms. The maximum atomic E-state index is 12.9. The van der Waals surface area contributed by atoms with Gasteiger partial charge in [-0.2, -0.15) is 0 Å². The molecule has 3 fully saturated rings. The zero-order chi connectivity index (χ0) is 19.3. The fourth-order valence-corrected chi connectivity index (χ4v) is 4.48. The topological polar surface area (TPSA) is 79.4 Å². The van der Waals surface area contributed by atoms with Gasteiger partial charge >= 0.3 is 0 Å². The Hall–Kier alpha value is -1.73. The van der Waals surface area contributed by atoms with Gasteiger partial charge in [-0.1, -0.05) is 0 Å². The van der Waals surface area contributed by atoms with Crippen molar-refractivity contribution in [1.82, 2.24) is 20.2 Å². The Bertz CT molecular complexity index is 660. The van der Waals surface area contributed by atoms with Crippen molar-refractivity contribution in [2.24, 2.45) is 5.92 Å². The summed E-state index contributed by atoms with van der Waals surface area (Å²) in [4.78, 5) is 24.3. The first kappa shape index (κ1) is 19.6. The first-order valence-electron chi connectivity index (χ1n) is 10.9. The highest BCUT2D eigenvalue weighted by atomic mass is 16.5. The van der Waals surface area contributed by atoms with Gasteiger partial charge < -0.3 is 15.4 Å². The third kappa shape index (κ3) is 5.00. The Morgan fingerprint density at radius 1 is 1.11 bits per heavy atom. The van der Waals surface area contributed by atoms with Crippen LogP contribution in [0.5, 0.6) is 0 Å². The molecule has 1 aliphatic carbocycles. The summed E-state index contributed by atoms with van der Waals surface area (Å²) in [6.07, 6.45) is 9.27. The number of hydrogen-bond acceptors (Lipinski definition) is 6. The summed E-state index contributed by atoms with van der Waals surface area (Å²) in [6.45, 7) is 5.39. The van der Waals surface area contributed by atoms with Gasteiger partial charge in [-0.3, -0.25) is 9.69 Å². The van der Waals surface area contributed by atoms with E-state index in [-0.39, 0.29) is 17.9 Å². The van der Waals surface area contributed by atoms with Gasteiger partial charge in [0.1, 0.15) is 0 Å². The SMILES string of the molecule is Cc1ccnc(N[C@H]2CC[C@@H](C(=O)NC3CCC3)CN(C3CCOCC3)C2)n1. The van der Waals surface area contributed by atoms with Crippen LogP contribution in [0.25, 0.3) is 0 Å². The lowest BCUT2D eigenvalue weighted by Gasteiger charge is -2.36. The smallest absolute Gasteiger partial charge is 0.224 e. The van der Waals surface area contributed by atoms with Gasteiger partial charge in [-0.25, -0.2) is 9.97 Å². The van der Waals surface area contributed by atoms with E-state index in [9.17, 15) is 4.79 Å². The molecule has 0 aromatic carbocycles. The van der Waals surface area contributed by atoms with Gasteiger partial charge in [0, 0.05) is 56.3 Å². The molecule has 0 bridgehead atoms. The van der Waals surface area contributed by atoms with Gasteiger partial charge in [-0.05, 0) is 57.9 Å². The highest BCUT2D eigenvalue weighted by Gasteiger charge is 2.34. The lowest BCUT2D eigenvalue weighted by atomic mass is 9.91. The molecule has 4 rings (SSSR count). The standard InChI is InChI=1S/C21H33N5O2/c1-15-7-10-22-21(23-15)25-18-6-5-16(20(27)24-17-3-2-4-17)13-26(14-18)19-8-11-28-12-9-19/h7,10,16-19H,2-6,8-9,11-14H2,1H3,(H,24,27)(H,22,23,25)/t16-,18+/m1/s1. The molecule has 3 heterocycles. The maximum Gasteiger partial charge on any atom is 0.224 e. The molecule has 7 nitrogen and oxygen atoms in total. The van der Waals surface area contributed by atoms with Crippen LogP contribution in [0, 0.1) is 12.8 Å². The monoisotopic (exact) mass is 387 g/mol. The summed E-state index contributed by atoms with van der Waals surface area (Å²) in [5.74, 6) is 0.997. The molecule has 2 N–H and O–H groups in total. The van der Waals surface area contributed by atoms with Gasteiger partial charge in [0.2, 0.25) is 11.9 Å². The molecule has 1 aromatic heterocycles. The number of hydrogen-bond donors (Lipinski definition) is 2. The van der Waals surface area contributed by atoms with Crippen LogP contribution in [-0.4, -0.2) is 65.2 Å². The second-order valence-electron chi connectivity index (χ2n) is 8.57. The average molecular weight is 388 g/mol. The lowest BCUT2D eigenvalue weighted by molar-refractivity contribution is -0.127. The summed E-state index contributed by atoms with van der Waals surface area (Å²) in [5.41, 5.74) is 0.963. The Labute approximate surface area is 167 Å². The summed E-state index contributed by atoms with van der Waals surface area (Å²) in [7, 11) is 0. The summed E-state index contributed by atoms with van der Waals surface area (Å²) >= 11 is 0. The number of carbonyl (C=O) groups is 1. The maximum absolute atomic E-state index is 12.9. The van der Waals surface area contributed by atoms with Crippen LogP contribution in [-0.2, 0) is 9.53 Å². The van der Waals surface area contributed by atoms with E-state index in [0.29, 0.717) is 18.0 Å². The minimum absolute atomic E-state index is 0.0636. The Morgan fingerprint density at radius 2 is 1.93 bits per heavy atom. The molecule has 0 radical (unpaired) electrons. The van der Waals surface area contributed by atoms with Gasteiger partial charge in [0.25, 0.3) is 0 Å². The van der Waals surface area contributed by atoms with Crippen molar-refractivity contribution in [3.8, 4) is 0 Å². The molecule has 1 amide bonds. The van der Waals surface area contributed by atoms with Gasteiger partial charge in [-0.15, -0.1) is 0 Å². The van der Waals surface area contributed by atoms with E-state index in [2.05, 4.69) is 25.5 Å². The first-order valence-corrected chi connectivity index (χ1v) is 10.9. The predicted molar refractivity (Wildman–Crippen MR) is 108 cm³/mol. The summed E-state index contributed by atoms with van der Waals surface area (Å²) in [6, 6.07) is 3.06. The van der Waals surface area contributed by atoms with Crippen LogP contribution < -0.4 is 10.6 Å². The van der Waals surface area contributed by atoms with Crippen molar-refractivity contribution >= 4 is 11.9 Å². The fourth-order valence-electron chi connectivity index (χ4n) is 4.48. The number of aromatic nitrogens is 2. The molecule has 154 valence electrons. The Morgan fingerprint density at radius 3 is 2.64 bits per heavy atom. The normalized spacial score (nSPS) is 27.6. The van der Waals surface area contributed by atoms with Crippen LogP contribution >= 0.6 is 0 Å². The Kier molecular flexibility index (Phi) is 6.42. The second-order valence-corrected chi connectivity index (χ2v) is 8.57. The van der Waals surface area contributed by atoms with Crippen LogP contribution in [0.2, 0.25) is 0 Å². The zero-order valence-electron chi connectivity index (χ0n) is 16.9. The third-order valence-electron chi connectivity index (χ3n) is 6.43. The van der Waals surface area contributed by atoms with E-state index >= 15 is 0 Å². The zero-order valence-corrected chi connectivity index (χ0v) is 16.9.